The van der Waals surface area contributed by atoms with Gasteiger partial charge in [-0.25, -0.2) is 4.79 Å². The molecule has 0 aliphatic rings. The smallest absolute Gasteiger partial charge is 0.314 e. The zero-order valence-electron chi connectivity index (χ0n) is 9.89. The molecule has 0 spiro atoms. The van der Waals surface area contributed by atoms with Gasteiger partial charge >= 0.3 is 6.03 Å². The van der Waals surface area contributed by atoms with E-state index in [-0.39, 0.29) is 12.1 Å². The molecular weight excluding hydrogens is 259 g/mol. The van der Waals surface area contributed by atoms with Crippen molar-refractivity contribution in [2.75, 3.05) is 6.54 Å². The minimum absolute atomic E-state index is 0.133. The van der Waals surface area contributed by atoms with Crippen molar-refractivity contribution < 1.29 is 4.79 Å². The van der Waals surface area contributed by atoms with Crippen LogP contribution in [0.1, 0.15) is 19.4 Å². The topological polar surface area (TPSA) is 41.1 Å². The number of rotatable bonds is 4. The van der Waals surface area contributed by atoms with Crippen LogP contribution in [0.2, 0.25) is 10.0 Å². The maximum atomic E-state index is 11.3. The van der Waals surface area contributed by atoms with Crippen LogP contribution >= 0.6 is 23.2 Å². The van der Waals surface area contributed by atoms with Crippen LogP contribution in [0.3, 0.4) is 0 Å². The third-order valence-corrected chi connectivity index (χ3v) is 2.70. The van der Waals surface area contributed by atoms with Gasteiger partial charge in [0.15, 0.2) is 0 Å². The largest absolute Gasteiger partial charge is 0.338 e. The normalized spacial score (nSPS) is 10.4. The zero-order valence-corrected chi connectivity index (χ0v) is 11.4. The monoisotopic (exact) mass is 274 g/mol. The Morgan fingerprint density at radius 2 is 2.06 bits per heavy atom. The molecule has 1 rings (SSSR count). The molecule has 0 bridgehead atoms. The standard InChI is InChI=1S/C12H16Cl2N2O/c1-8(2)16-12(17)15-6-5-9-3-4-10(13)7-11(9)14/h3-4,7-8H,5-6H2,1-2H3,(H2,15,16,17). The Labute approximate surface area is 111 Å². The first-order valence-electron chi connectivity index (χ1n) is 5.47. The number of hydrogen-bond donors (Lipinski definition) is 2. The van der Waals surface area contributed by atoms with E-state index in [4.69, 9.17) is 23.2 Å². The molecule has 0 atom stereocenters. The van der Waals surface area contributed by atoms with Gasteiger partial charge < -0.3 is 10.6 Å². The van der Waals surface area contributed by atoms with E-state index in [1.807, 2.05) is 19.9 Å². The molecule has 0 heterocycles. The summed E-state index contributed by atoms with van der Waals surface area (Å²) in [6.45, 7) is 4.37. The van der Waals surface area contributed by atoms with Gasteiger partial charge in [0.25, 0.3) is 0 Å². The lowest BCUT2D eigenvalue weighted by Gasteiger charge is -2.10. The van der Waals surface area contributed by atoms with Gasteiger partial charge in [-0.1, -0.05) is 29.3 Å². The Balaban J connectivity index is 2.38. The lowest BCUT2D eigenvalue weighted by Crippen LogP contribution is -2.40. The van der Waals surface area contributed by atoms with Crippen LogP contribution in [-0.4, -0.2) is 18.6 Å². The van der Waals surface area contributed by atoms with Crippen molar-refractivity contribution in [3.63, 3.8) is 0 Å². The molecule has 0 aliphatic carbocycles. The molecule has 2 amide bonds. The maximum Gasteiger partial charge on any atom is 0.314 e. The summed E-state index contributed by atoms with van der Waals surface area (Å²) in [5.74, 6) is 0. The first-order valence-corrected chi connectivity index (χ1v) is 6.23. The third-order valence-electron chi connectivity index (χ3n) is 2.11. The van der Waals surface area contributed by atoms with Crippen LogP contribution in [0, 0.1) is 0 Å². The fourth-order valence-corrected chi connectivity index (χ4v) is 1.85. The summed E-state index contributed by atoms with van der Waals surface area (Å²) in [5, 5.41) is 6.75. The quantitative estimate of drug-likeness (QED) is 0.870. The summed E-state index contributed by atoms with van der Waals surface area (Å²) in [6, 6.07) is 5.33. The molecule has 2 N–H and O–H groups in total. The Bertz CT molecular complexity index is 394. The molecule has 17 heavy (non-hydrogen) atoms. The first kappa shape index (κ1) is 14.1. The number of hydrogen-bond acceptors (Lipinski definition) is 1. The molecule has 3 nitrogen and oxygen atoms in total. The van der Waals surface area contributed by atoms with Gasteiger partial charge in [-0.3, -0.25) is 0 Å². The highest BCUT2D eigenvalue weighted by Gasteiger charge is 2.04. The predicted octanol–water partition coefficient (Wildman–Crippen LogP) is 3.24. The zero-order chi connectivity index (χ0) is 12.8. The number of carbonyl (C=O) groups is 1. The van der Waals surface area contributed by atoms with E-state index in [2.05, 4.69) is 10.6 Å². The lowest BCUT2D eigenvalue weighted by atomic mass is 10.1. The maximum absolute atomic E-state index is 11.3. The van der Waals surface area contributed by atoms with Crippen molar-refractivity contribution in [3.05, 3.63) is 33.8 Å². The van der Waals surface area contributed by atoms with Crippen LogP contribution in [0.25, 0.3) is 0 Å². The summed E-state index contributed by atoms with van der Waals surface area (Å²) in [5.41, 5.74) is 0.973. The van der Waals surface area contributed by atoms with Gasteiger partial charge in [-0.05, 0) is 38.0 Å². The SMILES string of the molecule is CC(C)NC(=O)NCCc1ccc(Cl)cc1Cl. The molecular formula is C12H16Cl2N2O. The van der Waals surface area contributed by atoms with E-state index in [9.17, 15) is 4.79 Å². The number of carbonyl (C=O) groups excluding carboxylic acids is 1. The molecule has 0 radical (unpaired) electrons. The van der Waals surface area contributed by atoms with Crippen molar-refractivity contribution in [2.45, 2.75) is 26.3 Å². The van der Waals surface area contributed by atoms with Crippen LogP contribution in [0.15, 0.2) is 18.2 Å². The Kier molecular flexibility index (Phi) is 5.59. The highest BCUT2D eigenvalue weighted by molar-refractivity contribution is 6.35. The fraction of sp³-hybridized carbons (Fsp3) is 0.417. The highest BCUT2D eigenvalue weighted by atomic mass is 35.5. The van der Waals surface area contributed by atoms with E-state index in [0.717, 1.165) is 5.56 Å². The summed E-state index contributed by atoms with van der Waals surface area (Å²) >= 11 is 11.8. The summed E-state index contributed by atoms with van der Waals surface area (Å²) in [6.07, 6.45) is 0.682. The van der Waals surface area contributed by atoms with Gasteiger partial charge in [0, 0.05) is 22.6 Å². The molecule has 0 saturated heterocycles. The van der Waals surface area contributed by atoms with Crippen molar-refractivity contribution in [3.8, 4) is 0 Å². The number of halogens is 2. The number of urea groups is 1. The second-order valence-corrected chi connectivity index (χ2v) is 4.88. The average Bonchev–Trinajstić information content (AvgIpc) is 2.20. The average molecular weight is 275 g/mol. The molecule has 1 aromatic carbocycles. The second-order valence-electron chi connectivity index (χ2n) is 4.04. The molecule has 0 unspecified atom stereocenters. The predicted molar refractivity (Wildman–Crippen MR) is 71.8 cm³/mol. The van der Waals surface area contributed by atoms with E-state index in [0.29, 0.717) is 23.0 Å². The Morgan fingerprint density at radius 3 is 2.65 bits per heavy atom. The second kappa shape index (κ2) is 6.72. The van der Waals surface area contributed by atoms with Crippen LogP contribution in [0.4, 0.5) is 4.79 Å². The van der Waals surface area contributed by atoms with Crippen molar-refractivity contribution in [2.24, 2.45) is 0 Å². The minimum Gasteiger partial charge on any atom is -0.338 e. The number of nitrogens with one attached hydrogen (secondary N) is 2. The lowest BCUT2D eigenvalue weighted by molar-refractivity contribution is 0.238. The number of benzene rings is 1. The summed E-state index contributed by atoms with van der Waals surface area (Å²) in [7, 11) is 0. The Morgan fingerprint density at radius 1 is 1.35 bits per heavy atom. The van der Waals surface area contributed by atoms with Crippen molar-refractivity contribution in [1.29, 1.82) is 0 Å². The first-order chi connectivity index (χ1) is 7.99. The van der Waals surface area contributed by atoms with Gasteiger partial charge in [-0.15, -0.1) is 0 Å². The molecule has 0 aliphatic heterocycles. The van der Waals surface area contributed by atoms with Gasteiger partial charge in [-0.2, -0.15) is 0 Å². The van der Waals surface area contributed by atoms with Crippen LogP contribution in [-0.2, 0) is 6.42 Å². The fourth-order valence-electron chi connectivity index (χ4n) is 1.35. The summed E-state index contributed by atoms with van der Waals surface area (Å²) < 4.78 is 0. The molecule has 5 heteroatoms. The minimum atomic E-state index is -0.162. The van der Waals surface area contributed by atoms with Crippen molar-refractivity contribution >= 4 is 29.2 Å². The van der Waals surface area contributed by atoms with Crippen molar-refractivity contribution in [1.82, 2.24) is 10.6 Å². The Hall–Kier alpha value is -0.930. The molecule has 94 valence electrons. The van der Waals surface area contributed by atoms with E-state index >= 15 is 0 Å². The van der Waals surface area contributed by atoms with E-state index < -0.39 is 0 Å². The molecule has 0 saturated carbocycles. The summed E-state index contributed by atoms with van der Waals surface area (Å²) in [4.78, 5) is 11.3. The van der Waals surface area contributed by atoms with Gasteiger partial charge in [0.2, 0.25) is 0 Å². The molecule has 1 aromatic rings. The molecule has 0 aromatic heterocycles. The van der Waals surface area contributed by atoms with E-state index in [1.54, 1.807) is 12.1 Å². The number of amides is 2. The molecule has 0 fully saturated rings. The van der Waals surface area contributed by atoms with Crippen LogP contribution < -0.4 is 10.6 Å². The van der Waals surface area contributed by atoms with E-state index in [1.165, 1.54) is 0 Å². The highest BCUT2D eigenvalue weighted by Crippen LogP contribution is 2.20. The van der Waals surface area contributed by atoms with Gasteiger partial charge in [0.05, 0.1) is 0 Å². The third kappa shape index (κ3) is 5.29. The van der Waals surface area contributed by atoms with Gasteiger partial charge in [0.1, 0.15) is 0 Å². The van der Waals surface area contributed by atoms with Crippen LogP contribution in [0.5, 0.6) is 0 Å².